The Kier molecular flexibility index (Phi) is 9.51. The molecule has 0 radical (unpaired) electrons. The van der Waals surface area contributed by atoms with Crippen molar-refractivity contribution in [2.24, 2.45) is 17.6 Å². The third-order valence-electron chi connectivity index (χ3n) is 5.38. The predicted molar refractivity (Wildman–Crippen MR) is 106 cm³/mol. The Labute approximate surface area is 171 Å². The van der Waals surface area contributed by atoms with Gasteiger partial charge in [0.05, 0.1) is 6.61 Å². The van der Waals surface area contributed by atoms with E-state index < -0.39 is 54.5 Å². The topological polar surface area (TPSA) is 162 Å². The van der Waals surface area contributed by atoms with Crippen LogP contribution in [0.3, 0.4) is 0 Å². The summed E-state index contributed by atoms with van der Waals surface area (Å²) in [5, 5.41) is 23.6. The zero-order valence-electron chi connectivity index (χ0n) is 17.6. The van der Waals surface area contributed by atoms with E-state index in [-0.39, 0.29) is 11.8 Å². The maximum absolute atomic E-state index is 13.0. The number of amides is 3. The first-order chi connectivity index (χ1) is 13.5. The number of likely N-dealkylation sites (tertiary alicyclic amines) is 1. The Morgan fingerprint density at radius 1 is 1.10 bits per heavy atom. The summed E-state index contributed by atoms with van der Waals surface area (Å²) in [5.41, 5.74) is 5.52. The number of hydrogen-bond donors (Lipinski definition) is 5. The number of hydrogen-bond acceptors (Lipinski definition) is 6. The molecule has 29 heavy (non-hydrogen) atoms. The minimum atomic E-state index is -1.15. The zero-order valence-corrected chi connectivity index (χ0v) is 17.6. The van der Waals surface area contributed by atoms with Crippen molar-refractivity contribution in [1.29, 1.82) is 0 Å². The predicted octanol–water partition coefficient (Wildman–Crippen LogP) is -0.947. The summed E-state index contributed by atoms with van der Waals surface area (Å²) in [4.78, 5) is 50.7. The number of nitrogens with one attached hydrogen (secondary N) is 2. The molecule has 0 bridgehead atoms. The Hall–Kier alpha value is -2.20. The quantitative estimate of drug-likeness (QED) is 0.308. The van der Waals surface area contributed by atoms with Gasteiger partial charge in [-0.2, -0.15) is 0 Å². The lowest BCUT2D eigenvalue weighted by molar-refractivity contribution is -0.150. The number of carboxylic acids is 1. The molecule has 1 saturated heterocycles. The largest absolute Gasteiger partial charge is 0.480 e. The summed E-state index contributed by atoms with van der Waals surface area (Å²) in [7, 11) is 0. The Morgan fingerprint density at radius 3 is 2.17 bits per heavy atom. The smallest absolute Gasteiger partial charge is 0.326 e. The number of nitrogens with zero attached hydrogens (tertiary/aromatic N) is 1. The molecule has 1 aliphatic rings. The molecule has 10 heteroatoms. The average molecular weight is 415 g/mol. The van der Waals surface area contributed by atoms with Crippen LogP contribution in [0.2, 0.25) is 0 Å². The van der Waals surface area contributed by atoms with Gasteiger partial charge in [-0.1, -0.05) is 34.1 Å². The molecular formula is C19H34N4O6. The van der Waals surface area contributed by atoms with Crippen molar-refractivity contribution in [3.63, 3.8) is 0 Å². The second-order valence-electron chi connectivity index (χ2n) is 7.92. The fourth-order valence-corrected chi connectivity index (χ4v) is 3.27. The number of aliphatic hydroxyl groups is 1. The lowest BCUT2D eigenvalue weighted by atomic mass is 9.96. The van der Waals surface area contributed by atoms with Crippen LogP contribution in [-0.4, -0.2) is 76.1 Å². The Bertz CT molecular complexity index is 612. The van der Waals surface area contributed by atoms with Crippen molar-refractivity contribution in [3.05, 3.63) is 0 Å². The van der Waals surface area contributed by atoms with E-state index in [1.807, 2.05) is 6.92 Å². The highest BCUT2D eigenvalue weighted by Gasteiger charge is 2.39. The van der Waals surface area contributed by atoms with E-state index in [1.54, 1.807) is 20.8 Å². The molecule has 10 nitrogen and oxygen atoms in total. The molecule has 6 N–H and O–H groups in total. The molecule has 0 aromatic rings. The normalized spacial score (nSPS) is 20.7. The van der Waals surface area contributed by atoms with Gasteiger partial charge in [-0.05, 0) is 24.7 Å². The van der Waals surface area contributed by atoms with Gasteiger partial charge in [0.15, 0.2) is 0 Å². The molecule has 5 atom stereocenters. The van der Waals surface area contributed by atoms with Gasteiger partial charge < -0.3 is 31.5 Å². The van der Waals surface area contributed by atoms with Crippen molar-refractivity contribution in [2.75, 3.05) is 13.2 Å². The van der Waals surface area contributed by atoms with Gasteiger partial charge in [0.1, 0.15) is 24.2 Å². The zero-order chi connectivity index (χ0) is 22.3. The number of carbonyl (C=O) groups is 4. The number of carbonyl (C=O) groups excluding carboxylic acids is 3. The fourth-order valence-electron chi connectivity index (χ4n) is 3.27. The van der Waals surface area contributed by atoms with Gasteiger partial charge in [0.25, 0.3) is 0 Å². The van der Waals surface area contributed by atoms with Crippen LogP contribution in [-0.2, 0) is 19.2 Å². The molecular weight excluding hydrogens is 380 g/mol. The van der Waals surface area contributed by atoms with Gasteiger partial charge in [-0.25, -0.2) is 4.79 Å². The Morgan fingerprint density at radius 2 is 1.69 bits per heavy atom. The van der Waals surface area contributed by atoms with Crippen LogP contribution in [0.1, 0.15) is 47.0 Å². The maximum atomic E-state index is 13.0. The van der Waals surface area contributed by atoms with Crippen LogP contribution in [0.4, 0.5) is 0 Å². The van der Waals surface area contributed by atoms with Crippen molar-refractivity contribution >= 4 is 23.7 Å². The minimum Gasteiger partial charge on any atom is -0.480 e. The average Bonchev–Trinajstić information content (AvgIpc) is 3.17. The molecule has 1 heterocycles. The molecule has 3 amide bonds. The van der Waals surface area contributed by atoms with Crippen molar-refractivity contribution in [2.45, 2.75) is 71.1 Å². The highest BCUT2D eigenvalue weighted by molar-refractivity contribution is 5.94. The van der Waals surface area contributed by atoms with E-state index in [4.69, 9.17) is 10.8 Å². The molecule has 0 aromatic carbocycles. The number of rotatable bonds is 10. The first-order valence-corrected chi connectivity index (χ1v) is 10.1. The van der Waals surface area contributed by atoms with Gasteiger partial charge >= 0.3 is 5.97 Å². The van der Waals surface area contributed by atoms with E-state index in [1.165, 1.54) is 4.90 Å². The number of aliphatic hydroxyl groups excluding tert-OH is 1. The van der Waals surface area contributed by atoms with Gasteiger partial charge in [0.2, 0.25) is 17.7 Å². The first-order valence-electron chi connectivity index (χ1n) is 10.1. The SMILES string of the molecule is CC[C@H](C)[C@H](NC(=O)[C@@H](N)CO)C(=O)N[C@H](C(=O)N1CCC[C@H]1C(=O)O)C(C)C. The Balaban J connectivity index is 2.99. The van der Waals surface area contributed by atoms with Crippen LogP contribution in [0.15, 0.2) is 0 Å². The summed E-state index contributed by atoms with van der Waals surface area (Å²) in [6, 6.07) is -3.91. The second-order valence-corrected chi connectivity index (χ2v) is 7.92. The fraction of sp³-hybridized carbons (Fsp3) is 0.789. The monoisotopic (exact) mass is 414 g/mol. The molecule has 0 spiro atoms. The highest BCUT2D eigenvalue weighted by atomic mass is 16.4. The van der Waals surface area contributed by atoms with Crippen LogP contribution in [0, 0.1) is 11.8 Å². The van der Waals surface area contributed by atoms with E-state index in [9.17, 15) is 24.3 Å². The summed E-state index contributed by atoms with van der Waals surface area (Å²) < 4.78 is 0. The molecule has 0 aliphatic carbocycles. The first kappa shape index (κ1) is 24.8. The van der Waals surface area contributed by atoms with Crippen LogP contribution in [0.5, 0.6) is 0 Å². The molecule has 1 fully saturated rings. The molecule has 166 valence electrons. The van der Waals surface area contributed by atoms with E-state index >= 15 is 0 Å². The third kappa shape index (κ3) is 6.40. The summed E-state index contributed by atoms with van der Waals surface area (Å²) >= 11 is 0. The van der Waals surface area contributed by atoms with E-state index in [2.05, 4.69) is 10.6 Å². The van der Waals surface area contributed by atoms with E-state index in [0.29, 0.717) is 25.8 Å². The minimum absolute atomic E-state index is 0.244. The lowest BCUT2D eigenvalue weighted by Crippen LogP contribution is -2.60. The molecule has 0 unspecified atom stereocenters. The number of carboxylic acid groups (broad SMARTS) is 1. The van der Waals surface area contributed by atoms with Crippen molar-refractivity contribution in [3.8, 4) is 0 Å². The maximum Gasteiger partial charge on any atom is 0.326 e. The second kappa shape index (κ2) is 11.1. The molecule has 1 aliphatic heterocycles. The third-order valence-corrected chi connectivity index (χ3v) is 5.38. The molecule has 0 aromatic heterocycles. The van der Waals surface area contributed by atoms with Crippen LogP contribution < -0.4 is 16.4 Å². The van der Waals surface area contributed by atoms with E-state index in [0.717, 1.165) is 0 Å². The van der Waals surface area contributed by atoms with Gasteiger partial charge in [0, 0.05) is 6.54 Å². The molecule has 0 saturated carbocycles. The standard InChI is InChI=1S/C19H34N4O6/c1-5-11(4)15(22-16(25)12(20)9-24)17(26)21-14(10(2)3)18(27)23-8-6-7-13(23)19(28)29/h10-15,24H,5-9,20H2,1-4H3,(H,21,26)(H,22,25)(H,28,29)/t11-,12-,13-,14-,15-/m0/s1. The van der Waals surface area contributed by atoms with Crippen molar-refractivity contribution < 1.29 is 29.4 Å². The summed E-state index contributed by atoms with van der Waals surface area (Å²) in [6.45, 7) is 6.92. The highest BCUT2D eigenvalue weighted by Crippen LogP contribution is 2.20. The van der Waals surface area contributed by atoms with Gasteiger partial charge in [-0.15, -0.1) is 0 Å². The molecule has 1 rings (SSSR count). The summed E-state index contributed by atoms with van der Waals surface area (Å²) in [6.07, 6.45) is 1.55. The number of nitrogens with two attached hydrogens (primary N) is 1. The van der Waals surface area contributed by atoms with Crippen LogP contribution >= 0.6 is 0 Å². The van der Waals surface area contributed by atoms with Crippen molar-refractivity contribution in [1.82, 2.24) is 15.5 Å². The lowest BCUT2D eigenvalue weighted by Gasteiger charge is -2.32. The number of aliphatic carboxylic acids is 1. The summed E-state index contributed by atoms with van der Waals surface area (Å²) in [5.74, 6) is -3.24. The van der Waals surface area contributed by atoms with Crippen LogP contribution in [0.25, 0.3) is 0 Å². The van der Waals surface area contributed by atoms with Gasteiger partial charge in [-0.3, -0.25) is 14.4 Å².